The molecule has 0 saturated heterocycles. The molecule has 0 aliphatic rings. The molecule has 9 rings (SSSR count). The van der Waals surface area contributed by atoms with Crippen molar-refractivity contribution in [2.45, 2.75) is 0 Å². The molecule has 7 aromatic carbocycles. The number of oxazole rings is 1. The van der Waals surface area contributed by atoms with E-state index in [0.29, 0.717) is 5.89 Å². The van der Waals surface area contributed by atoms with Gasteiger partial charge in [-0.1, -0.05) is 91.0 Å². The van der Waals surface area contributed by atoms with E-state index in [2.05, 4.69) is 114 Å². The molecule has 212 valence electrons. The van der Waals surface area contributed by atoms with Gasteiger partial charge in [-0.05, 0) is 82.6 Å². The van der Waals surface area contributed by atoms with E-state index in [0.717, 1.165) is 55.7 Å². The van der Waals surface area contributed by atoms with Gasteiger partial charge in [-0.25, -0.2) is 4.98 Å². The van der Waals surface area contributed by atoms with Crippen LogP contribution in [-0.4, -0.2) is 4.98 Å². The highest BCUT2D eigenvalue weighted by Crippen LogP contribution is 2.42. The topological polar surface area (TPSA) is 42.4 Å². The average molecular weight is 579 g/mol. The van der Waals surface area contributed by atoms with Crippen molar-refractivity contribution in [2.24, 2.45) is 0 Å². The molecular weight excluding hydrogens is 552 g/mol. The minimum absolute atomic E-state index is 0.588. The van der Waals surface area contributed by atoms with Crippen LogP contribution >= 0.6 is 0 Å². The van der Waals surface area contributed by atoms with Crippen LogP contribution < -0.4 is 4.90 Å². The maximum absolute atomic E-state index is 6.50. The van der Waals surface area contributed by atoms with Gasteiger partial charge in [0.1, 0.15) is 16.7 Å². The lowest BCUT2D eigenvalue weighted by molar-refractivity contribution is 0.620. The maximum Gasteiger partial charge on any atom is 0.228 e. The summed E-state index contributed by atoms with van der Waals surface area (Å²) in [5.74, 6) is 0.588. The van der Waals surface area contributed by atoms with Gasteiger partial charge >= 0.3 is 0 Å². The van der Waals surface area contributed by atoms with Crippen LogP contribution in [-0.2, 0) is 0 Å². The van der Waals surface area contributed by atoms with Gasteiger partial charge in [-0.2, -0.15) is 0 Å². The van der Waals surface area contributed by atoms with Crippen molar-refractivity contribution in [3.05, 3.63) is 158 Å². The largest absolute Gasteiger partial charge is 0.456 e. The summed E-state index contributed by atoms with van der Waals surface area (Å²) in [5.41, 5.74) is 9.64. The van der Waals surface area contributed by atoms with Crippen LogP contribution in [0, 0.1) is 0 Å². The summed E-state index contributed by atoms with van der Waals surface area (Å²) in [6.07, 6.45) is 0. The molecule has 0 spiro atoms. The van der Waals surface area contributed by atoms with Crippen molar-refractivity contribution < 1.29 is 8.83 Å². The van der Waals surface area contributed by atoms with E-state index in [1.165, 1.54) is 21.9 Å². The van der Waals surface area contributed by atoms with Gasteiger partial charge in [0.15, 0.2) is 5.58 Å². The second-order valence-electron chi connectivity index (χ2n) is 11.2. The zero-order valence-corrected chi connectivity index (χ0v) is 24.2. The van der Waals surface area contributed by atoms with E-state index >= 15 is 0 Å². The van der Waals surface area contributed by atoms with Gasteiger partial charge in [0, 0.05) is 39.5 Å². The third-order valence-electron chi connectivity index (χ3n) is 8.49. The normalized spacial score (nSPS) is 11.6. The summed E-state index contributed by atoms with van der Waals surface area (Å²) in [6, 6.07) is 54.6. The summed E-state index contributed by atoms with van der Waals surface area (Å²) in [7, 11) is 0. The number of hydrogen-bond donors (Lipinski definition) is 0. The van der Waals surface area contributed by atoms with Crippen molar-refractivity contribution in [1.29, 1.82) is 0 Å². The molecule has 4 nitrogen and oxygen atoms in total. The molecular formula is C41H26N2O2. The summed E-state index contributed by atoms with van der Waals surface area (Å²) in [6.45, 7) is 0. The molecule has 0 amide bonds. The van der Waals surface area contributed by atoms with Crippen molar-refractivity contribution in [3.63, 3.8) is 0 Å². The van der Waals surface area contributed by atoms with Crippen LogP contribution in [0.2, 0.25) is 0 Å². The lowest BCUT2D eigenvalue weighted by Gasteiger charge is -2.26. The molecule has 4 heteroatoms. The Balaban J connectivity index is 1.20. The van der Waals surface area contributed by atoms with Crippen LogP contribution in [0.4, 0.5) is 17.1 Å². The maximum atomic E-state index is 6.50. The Morgan fingerprint density at radius 2 is 1.13 bits per heavy atom. The molecule has 0 unspecified atom stereocenters. The second-order valence-corrected chi connectivity index (χ2v) is 11.2. The number of rotatable bonds is 5. The Kier molecular flexibility index (Phi) is 5.78. The number of fused-ring (bicyclic) bond motifs is 5. The minimum Gasteiger partial charge on any atom is -0.456 e. The third-order valence-corrected chi connectivity index (χ3v) is 8.49. The lowest BCUT2D eigenvalue weighted by atomic mass is 10.0. The van der Waals surface area contributed by atoms with Crippen LogP contribution in [0.15, 0.2) is 167 Å². The molecule has 45 heavy (non-hydrogen) atoms. The van der Waals surface area contributed by atoms with Gasteiger partial charge in [-0.15, -0.1) is 0 Å². The van der Waals surface area contributed by atoms with Crippen LogP contribution in [0.5, 0.6) is 0 Å². The first-order valence-electron chi connectivity index (χ1n) is 15.0. The van der Waals surface area contributed by atoms with Gasteiger partial charge < -0.3 is 13.7 Å². The number of nitrogens with zero attached hydrogens (tertiary/aromatic N) is 2. The van der Waals surface area contributed by atoms with Gasteiger partial charge in [-0.3, -0.25) is 0 Å². The minimum atomic E-state index is 0.588. The fourth-order valence-corrected chi connectivity index (χ4v) is 6.32. The van der Waals surface area contributed by atoms with Crippen LogP contribution in [0.3, 0.4) is 0 Å². The van der Waals surface area contributed by atoms with Crippen LogP contribution in [0.1, 0.15) is 0 Å². The van der Waals surface area contributed by atoms with E-state index in [1.807, 2.05) is 48.5 Å². The van der Waals surface area contributed by atoms with E-state index in [9.17, 15) is 0 Å². The Morgan fingerprint density at radius 3 is 2.00 bits per heavy atom. The predicted molar refractivity (Wildman–Crippen MR) is 184 cm³/mol. The molecule has 2 aromatic heterocycles. The summed E-state index contributed by atoms with van der Waals surface area (Å²) < 4.78 is 12.7. The molecule has 0 bridgehead atoms. The van der Waals surface area contributed by atoms with E-state index in [-0.39, 0.29) is 0 Å². The van der Waals surface area contributed by atoms with E-state index in [4.69, 9.17) is 13.8 Å². The summed E-state index contributed by atoms with van der Waals surface area (Å²) in [4.78, 5) is 7.07. The monoisotopic (exact) mass is 578 g/mol. The first-order valence-corrected chi connectivity index (χ1v) is 15.0. The molecule has 0 radical (unpaired) electrons. The van der Waals surface area contributed by atoms with Crippen molar-refractivity contribution in [2.75, 3.05) is 4.90 Å². The fraction of sp³-hybridized carbons (Fsp3) is 0. The van der Waals surface area contributed by atoms with Gasteiger partial charge in [0.05, 0.1) is 0 Å². The smallest absolute Gasteiger partial charge is 0.228 e. The second kappa shape index (κ2) is 10.2. The van der Waals surface area contributed by atoms with Crippen molar-refractivity contribution in [1.82, 2.24) is 4.98 Å². The number of furan rings is 1. The molecule has 0 N–H and O–H groups in total. The Hall–Kier alpha value is -6.13. The summed E-state index contributed by atoms with van der Waals surface area (Å²) in [5, 5.41) is 4.41. The molecule has 0 atom stereocenters. The first kappa shape index (κ1) is 25.4. The van der Waals surface area contributed by atoms with Crippen molar-refractivity contribution >= 4 is 60.9 Å². The van der Waals surface area contributed by atoms with E-state index in [1.54, 1.807) is 0 Å². The first-order chi connectivity index (χ1) is 22.3. The molecule has 9 aromatic rings. The van der Waals surface area contributed by atoms with E-state index < -0.39 is 0 Å². The number of benzene rings is 7. The highest BCUT2D eigenvalue weighted by molar-refractivity contribution is 6.12. The number of hydrogen-bond acceptors (Lipinski definition) is 4. The predicted octanol–water partition coefficient (Wildman–Crippen LogP) is 11.7. The molecule has 0 saturated carbocycles. The third kappa shape index (κ3) is 4.35. The van der Waals surface area contributed by atoms with Gasteiger partial charge in [0.2, 0.25) is 5.89 Å². The number of anilines is 3. The zero-order chi connectivity index (χ0) is 29.7. The van der Waals surface area contributed by atoms with Gasteiger partial charge in [0.25, 0.3) is 0 Å². The molecule has 0 aliphatic heterocycles. The zero-order valence-electron chi connectivity index (χ0n) is 24.2. The Morgan fingerprint density at radius 1 is 0.444 bits per heavy atom. The lowest BCUT2D eigenvalue weighted by Crippen LogP contribution is -2.09. The van der Waals surface area contributed by atoms with Crippen molar-refractivity contribution in [3.8, 4) is 22.6 Å². The average Bonchev–Trinajstić information content (AvgIpc) is 3.71. The molecule has 0 aliphatic carbocycles. The standard InChI is InChI=1S/C41H26N2O2/c1-2-9-27(10-3-1)29-17-20-31(21-18-29)43(32-22-19-28-11-4-5-12-30(28)25-32)33-23-24-34-39(26-33)44-38-16-8-13-35(40(34)38)41-42-36-14-6-7-15-37(36)45-41/h1-26H. The fourth-order valence-electron chi connectivity index (χ4n) is 6.32. The number of aromatic nitrogens is 1. The van der Waals surface area contributed by atoms with Crippen LogP contribution in [0.25, 0.3) is 66.4 Å². The molecule has 2 heterocycles. The SMILES string of the molecule is c1ccc(-c2ccc(N(c3ccc4ccccc4c3)c3ccc4c(c3)oc3cccc(-c5nc6ccccc6o5)c34)cc2)cc1. The highest BCUT2D eigenvalue weighted by atomic mass is 16.3. The molecule has 0 fully saturated rings. The summed E-state index contributed by atoms with van der Waals surface area (Å²) >= 11 is 0. The highest BCUT2D eigenvalue weighted by Gasteiger charge is 2.19. The quantitative estimate of drug-likeness (QED) is 0.204. The Labute approximate surface area is 259 Å². The number of para-hydroxylation sites is 2. The Bertz CT molecular complexity index is 2460.